The minimum absolute atomic E-state index is 0.0685. The Morgan fingerprint density at radius 1 is 1.20 bits per heavy atom. The van der Waals surface area contributed by atoms with Crippen molar-refractivity contribution in [2.24, 2.45) is 0 Å². The molecule has 3 heterocycles. The van der Waals surface area contributed by atoms with E-state index in [4.69, 9.17) is 8.83 Å². The minimum Gasteiger partial charge on any atom is -0.467 e. The zero-order chi connectivity index (χ0) is 17.2. The lowest BCUT2D eigenvalue weighted by atomic mass is 10.1. The number of halogens is 1. The Bertz CT molecular complexity index is 872. The van der Waals surface area contributed by atoms with Crippen LogP contribution in [0.2, 0.25) is 0 Å². The van der Waals surface area contributed by atoms with E-state index in [1.807, 2.05) is 18.2 Å². The van der Waals surface area contributed by atoms with Gasteiger partial charge in [0, 0.05) is 18.8 Å². The van der Waals surface area contributed by atoms with Gasteiger partial charge in [-0.15, -0.1) is 0 Å². The van der Waals surface area contributed by atoms with E-state index in [0.29, 0.717) is 11.2 Å². The van der Waals surface area contributed by atoms with Crippen molar-refractivity contribution >= 4 is 27.5 Å². The Balaban J connectivity index is 1.55. The minimum atomic E-state index is -0.241. The van der Waals surface area contributed by atoms with Crippen LogP contribution in [0, 0.1) is 0 Å². The number of benzene rings is 1. The van der Waals surface area contributed by atoms with E-state index >= 15 is 0 Å². The molecule has 0 fully saturated rings. The summed E-state index contributed by atoms with van der Waals surface area (Å²) in [6.07, 6.45) is 2.65. The molecule has 1 atom stereocenters. The second-order valence-electron chi connectivity index (χ2n) is 5.92. The number of hydrogen-bond acceptors (Lipinski definition) is 4. The van der Waals surface area contributed by atoms with Crippen LogP contribution in [0.4, 0.5) is 5.69 Å². The van der Waals surface area contributed by atoms with Crippen molar-refractivity contribution in [3.8, 4) is 0 Å². The van der Waals surface area contributed by atoms with Gasteiger partial charge in [0.2, 0.25) is 0 Å². The quantitative estimate of drug-likeness (QED) is 0.697. The van der Waals surface area contributed by atoms with Gasteiger partial charge in [-0.3, -0.25) is 4.79 Å². The molecule has 128 valence electrons. The number of fused-ring (bicyclic) bond motifs is 1. The normalized spacial score (nSPS) is 14.4. The summed E-state index contributed by atoms with van der Waals surface area (Å²) in [4.78, 5) is 14.6. The number of furan rings is 2. The zero-order valence-electron chi connectivity index (χ0n) is 13.4. The molecule has 0 aliphatic carbocycles. The average molecular weight is 401 g/mol. The van der Waals surface area contributed by atoms with Crippen LogP contribution >= 0.6 is 15.9 Å². The fourth-order valence-electron chi connectivity index (χ4n) is 3.25. The van der Waals surface area contributed by atoms with Crippen molar-refractivity contribution in [3.05, 3.63) is 76.5 Å². The molecular formula is C19H17BrN2O3. The molecule has 0 saturated heterocycles. The fraction of sp³-hybridized carbons (Fsp3) is 0.211. The molecule has 0 radical (unpaired) electrons. The molecule has 5 nitrogen and oxygen atoms in total. The van der Waals surface area contributed by atoms with Crippen molar-refractivity contribution in [2.75, 3.05) is 18.0 Å². The average Bonchev–Trinajstić information content (AvgIpc) is 3.36. The molecule has 6 heteroatoms. The van der Waals surface area contributed by atoms with Crippen molar-refractivity contribution in [2.45, 2.75) is 12.5 Å². The maximum atomic E-state index is 12.3. The van der Waals surface area contributed by atoms with E-state index in [0.717, 1.165) is 18.7 Å². The molecule has 0 bridgehead atoms. The number of para-hydroxylation sites is 1. The van der Waals surface area contributed by atoms with Crippen LogP contribution in [0.3, 0.4) is 0 Å². The fourth-order valence-corrected chi connectivity index (χ4v) is 3.55. The number of carbonyl (C=O) groups excluding carboxylic acids is 1. The van der Waals surface area contributed by atoms with Gasteiger partial charge in [0.25, 0.3) is 5.91 Å². The summed E-state index contributed by atoms with van der Waals surface area (Å²) < 4.78 is 11.5. The molecule has 1 aliphatic rings. The molecule has 0 spiro atoms. The second kappa shape index (κ2) is 6.80. The Morgan fingerprint density at radius 3 is 2.84 bits per heavy atom. The zero-order valence-corrected chi connectivity index (χ0v) is 15.0. The Morgan fingerprint density at radius 2 is 2.08 bits per heavy atom. The summed E-state index contributed by atoms with van der Waals surface area (Å²) in [6.45, 7) is 1.33. The van der Waals surface area contributed by atoms with Crippen LogP contribution < -0.4 is 10.2 Å². The first-order valence-electron chi connectivity index (χ1n) is 8.14. The molecule has 3 aromatic rings. The van der Waals surface area contributed by atoms with E-state index < -0.39 is 0 Å². The van der Waals surface area contributed by atoms with Gasteiger partial charge in [0.1, 0.15) is 11.8 Å². The number of nitrogens with zero attached hydrogens (tertiary/aromatic N) is 1. The molecular weight excluding hydrogens is 384 g/mol. The lowest BCUT2D eigenvalue weighted by Crippen LogP contribution is -2.37. The highest BCUT2D eigenvalue weighted by molar-refractivity contribution is 9.10. The summed E-state index contributed by atoms with van der Waals surface area (Å²) in [5.74, 6) is 0.874. The predicted molar refractivity (Wildman–Crippen MR) is 97.7 cm³/mol. The van der Waals surface area contributed by atoms with Crippen LogP contribution in [0.5, 0.6) is 0 Å². The van der Waals surface area contributed by atoms with Gasteiger partial charge in [-0.2, -0.15) is 0 Å². The van der Waals surface area contributed by atoms with E-state index in [1.165, 1.54) is 11.3 Å². The SMILES string of the molecule is O=C(NCC(c1ccco1)N1CCc2ccccc21)c1ccc(Br)o1. The number of hydrogen-bond donors (Lipinski definition) is 1. The number of anilines is 1. The maximum absolute atomic E-state index is 12.3. The van der Waals surface area contributed by atoms with Crippen molar-refractivity contribution in [1.29, 1.82) is 0 Å². The molecule has 2 aromatic heterocycles. The maximum Gasteiger partial charge on any atom is 0.287 e. The predicted octanol–water partition coefficient (Wildman–Crippen LogP) is 4.17. The van der Waals surface area contributed by atoms with Crippen LogP contribution in [0.25, 0.3) is 0 Å². The molecule has 1 aromatic carbocycles. The van der Waals surface area contributed by atoms with Gasteiger partial charge in [-0.25, -0.2) is 0 Å². The molecule has 1 aliphatic heterocycles. The topological polar surface area (TPSA) is 58.6 Å². The highest BCUT2D eigenvalue weighted by Crippen LogP contribution is 2.35. The third-order valence-corrected chi connectivity index (χ3v) is 4.85. The molecule has 4 rings (SSSR count). The summed E-state index contributed by atoms with van der Waals surface area (Å²) in [5, 5.41) is 2.95. The van der Waals surface area contributed by atoms with Crippen molar-refractivity contribution in [3.63, 3.8) is 0 Å². The van der Waals surface area contributed by atoms with Crippen LogP contribution in [0.1, 0.15) is 27.9 Å². The van der Waals surface area contributed by atoms with Gasteiger partial charge in [-0.05, 0) is 58.2 Å². The highest BCUT2D eigenvalue weighted by Gasteiger charge is 2.29. The smallest absolute Gasteiger partial charge is 0.287 e. The summed E-state index contributed by atoms with van der Waals surface area (Å²) in [7, 11) is 0. The molecule has 0 saturated carbocycles. The highest BCUT2D eigenvalue weighted by atomic mass is 79.9. The van der Waals surface area contributed by atoms with Gasteiger partial charge in [0.05, 0.1) is 6.26 Å². The number of nitrogens with one attached hydrogen (secondary N) is 1. The van der Waals surface area contributed by atoms with Crippen molar-refractivity contribution < 1.29 is 13.6 Å². The Kier molecular flexibility index (Phi) is 4.36. The first-order chi connectivity index (χ1) is 12.2. The van der Waals surface area contributed by atoms with Gasteiger partial charge in [-0.1, -0.05) is 18.2 Å². The Labute approximate surface area is 153 Å². The van der Waals surface area contributed by atoms with E-state index in [9.17, 15) is 4.79 Å². The molecule has 1 amide bonds. The van der Waals surface area contributed by atoms with E-state index in [2.05, 4.69) is 44.3 Å². The van der Waals surface area contributed by atoms with Gasteiger partial charge < -0.3 is 19.1 Å². The third-order valence-electron chi connectivity index (χ3n) is 4.42. The molecule has 25 heavy (non-hydrogen) atoms. The largest absolute Gasteiger partial charge is 0.467 e. The summed E-state index contributed by atoms with van der Waals surface area (Å²) in [6, 6.07) is 15.5. The number of rotatable bonds is 5. The summed E-state index contributed by atoms with van der Waals surface area (Å²) in [5.41, 5.74) is 2.51. The number of amides is 1. The monoisotopic (exact) mass is 400 g/mol. The van der Waals surface area contributed by atoms with Crippen LogP contribution in [-0.4, -0.2) is 19.0 Å². The summed E-state index contributed by atoms with van der Waals surface area (Å²) >= 11 is 3.21. The second-order valence-corrected chi connectivity index (χ2v) is 6.70. The molecule has 1 N–H and O–H groups in total. The first-order valence-corrected chi connectivity index (χ1v) is 8.93. The Hall–Kier alpha value is -2.47. The van der Waals surface area contributed by atoms with E-state index in [-0.39, 0.29) is 17.7 Å². The van der Waals surface area contributed by atoms with E-state index in [1.54, 1.807) is 18.4 Å². The lowest BCUT2D eigenvalue weighted by Gasteiger charge is -2.29. The van der Waals surface area contributed by atoms with Crippen molar-refractivity contribution in [1.82, 2.24) is 5.32 Å². The third kappa shape index (κ3) is 3.22. The van der Waals surface area contributed by atoms with Gasteiger partial charge >= 0.3 is 0 Å². The number of carbonyl (C=O) groups is 1. The molecule has 1 unspecified atom stereocenters. The van der Waals surface area contributed by atoms with Gasteiger partial charge in [0.15, 0.2) is 10.4 Å². The van der Waals surface area contributed by atoms with Crippen LogP contribution in [-0.2, 0) is 6.42 Å². The first kappa shape index (κ1) is 16.0. The van der Waals surface area contributed by atoms with Crippen LogP contribution in [0.15, 0.2) is 68.3 Å². The lowest BCUT2D eigenvalue weighted by molar-refractivity contribution is 0.0921. The standard InChI is InChI=1S/C19H17BrN2O3/c20-18-8-7-17(25-18)19(23)21-12-15(16-6-3-11-24-16)22-10-9-13-4-1-2-5-14(13)22/h1-8,11,15H,9-10,12H2,(H,21,23).